The van der Waals surface area contributed by atoms with Gasteiger partial charge in [0.05, 0.1) is 5.56 Å². The lowest BCUT2D eigenvalue weighted by molar-refractivity contribution is -0.137. The lowest BCUT2D eigenvalue weighted by Gasteiger charge is -2.07. The molecule has 1 N–H and O–H groups in total. The first-order valence-corrected chi connectivity index (χ1v) is 6.04. The maximum absolute atomic E-state index is 12.2. The van der Waals surface area contributed by atoms with E-state index >= 15 is 0 Å². The second-order valence-electron chi connectivity index (χ2n) is 3.32. The van der Waals surface area contributed by atoms with Gasteiger partial charge in [-0.1, -0.05) is 12.1 Å². The lowest BCUT2D eigenvalue weighted by Crippen LogP contribution is -2.04. The Morgan fingerprint density at radius 1 is 1.12 bits per heavy atom. The van der Waals surface area contributed by atoms with Crippen LogP contribution in [0.2, 0.25) is 0 Å². The van der Waals surface area contributed by atoms with E-state index in [0.717, 1.165) is 23.4 Å². The van der Waals surface area contributed by atoms with E-state index in [1.165, 1.54) is 12.1 Å². The van der Waals surface area contributed by atoms with Crippen LogP contribution in [0, 0.1) is 0 Å². The quantitative estimate of drug-likeness (QED) is 0.809. The molecule has 0 saturated heterocycles. The number of hydrogen-bond acceptors (Lipinski definition) is 2. The zero-order valence-electron chi connectivity index (χ0n) is 8.63. The van der Waals surface area contributed by atoms with Crippen LogP contribution in [-0.2, 0) is 11.9 Å². The van der Waals surface area contributed by atoms with Crippen LogP contribution in [-0.4, -0.2) is 17.5 Å². The minimum atomic E-state index is -4.26. The molecule has 0 aliphatic rings. The van der Waals surface area contributed by atoms with Crippen molar-refractivity contribution >= 4 is 11.8 Å². The minimum absolute atomic E-state index is 0.153. The Morgan fingerprint density at radius 2 is 1.75 bits per heavy atom. The van der Waals surface area contributed by atoms with E-state index in [9.17, 15) is 13.2 Å². The van der Waals surface area contributed by atoms with E-state index in [2.05, 4.69) is 0 Å². The summed E-state index contributed by atoms with van der Waals surface area (Å²) in [6.45, 7) is 0.153. The summed E-state index contributed by atoms with van der Waals surface area (Å²) in [6, 6.07) is 5.19. The molecule has 0 amide bonds. The van der Waals surface area contributed by atoms with Gasteiger partial charge in [0.25, 0.3) is 0 Å². The Kier molecular flexibility index (Phi) is 5.15. The van der Waals surface area contributed by atoms with Gasteiger partial charge >= 0.3 is 6.18 Å². The molecule has 0 heterocycles. The minimum Gasteiger partial charge on any atom is -0.396 e. The topological polar surface area (TPSA) is 20.2 Å². The molecule has 0 fully saturated rings. The second kappa shape index (κ2) is 6.15. The normalized spacial score (nSPS) is 11.8. The zero-order valence-corrected chi connectivity index (χ0v) is 9.44. The average molecular weight is 250 g/mol. The van der Waals surface area contributed by atoms with Gasteiger partial charge in [-0.2, -0.15) is 24.9 Å². The number of aliphatic hydroxyl groups excluding tert-OH is 1. The largest absolute Gasteiger partial charge is 0.416 e. The van der Waals surface area contributed by atoms with Crippen LogP contribution in [0.3, 0.4) is 0 Å². The van der Waals surface area contributed by atoms with Crippen molar-refractivity contribution in [2.75, 3.05) is 12.4 Å². The van der Waals surface area contributed by atoms with E-state index < -0.39 is 11.7 Å². The van der Waals surface area contributed by atoms with Crippen LogP contribution < -0.4 is 0 Å². The van der Waals surface area contributed by atoms with E-state index in [-0.39, 0.29) is 6.61 Å². The number of rotatable bonds is 5. The van der Waals surface area contributed by atoms with E-state index in [0.29, 0.717) is 12.2 Å². The van der Waals surface area contributed by atoms with Crippen molar-refractivity contribution in [1.29, 1.82) is 0 Å². The molecule has 0 aliphatic carbocycles. The van der Waals surface area contributed by atoms with E-state index in [1.807, 2.05) is 0 Å². The smallest absolute Gasteiger partial charge is 0.396 e. The average Bonchev–Trinajstić information content (AvgIpc) is 2.24. The fourth-order valence-electron chi connectivity index (χ4n) is 1.15. The van der Waals surface area contributed by atoms with Crippen LogP contribution in [0.4, 0.5) is 13.2 Å². The summed E-state index contributed by atoms with van der Waals surface area (Å²) >= 11 is 1.60. The van der Waals surface area contributed by atoms with Gasteiger partial charge in [-0.3, -0.25) is 0 Å². The first-order valence-electron chi connectivity index (χ1n) is 4.89. The standard InChI is InChI=1S/C11H13F3OS/c12-11(13,14)10-4-2-9(3-5-10)8-16-7-1-6-15/h2-5,15H,1,6-8H2. The number of alkyl halides is 3. The summed E-state index contributed by atoms with van der Waals surface area (Å²) < 4.78 is 36.7. The third-order valence-electron chi connectivity index (χ3n) is 2.00. The van der Waals surface area contributed by atoms with Crippen LogP contribution in [0.15, 0.2) is 24.3 Å². The Hall–Kier alpha value is -0.680. The van der Waals surface area contributed by atoms with Crippen molar-refractivity contribution in [3.05, 3.63) is 35.4 Å². The SMILES string of the molecule is OCCCSCc1ccc(C(F)(F)F)cc1. The fraction of sp³-hybridized carbons (Fsp3) is 0.455. The molecule has 0 saturated carbocycles. The van der Waals surface area contributed by atoms with Crippen molar-refractivity contribution in [1.82, 2.24) is 0 Å². The molecule has 1 aromatic rings. The van der Waals surface area contributed by atoms with Gasteiger partial charge in [0, 0.05) is 12.4 Å². The molecule has 0 spiro atoms. The van der Waals surface area contributed by atoms with Gasteiger partial charge in [-0.15, -0.1) is 0 Å². The molecule has 16 heavy (non-hydrogen) atoms. The molecule has 1 nitrogen and oxygen atoms in total. The number of thioether (sulfide) groups is 1. The zero-order chi connectivity index (χ0) is 12.0. The van der Waals surface area contributed by atoms with Gasteiger partial charge in [0.15, 0.2) is 0 Å². The van der Waals surface area contributed by atoms with Crippen molar-refractivity contribution < 1.29 is 18.3 Å². The summed E-state index contributed by atoms with van der Waals surface area (Å²) in [5, 5.41) is 8.55. The Balaban J connectivity index is 2.46. The van der Waals surface area contributed by atoms with E-state index in [1.54, 1.807) is 11.8 Å². The van der Waals surface area contributed by atoms with Gasteiger partial charge in [0.2, 0.25) is 0 Å². The molecule has 0 aliphatic heterocycles. The number of aliphatic hydroxyl groups is 1. The fourth-order valence-corrected chi connectivity index (χ4v) is 2.05. The summed E-state index contributed by atoms with van der Waals surface area (Å²) in [5.41, 5.74) is 0.257. The van der Waals surface area contributed by atoms with Crippen molar-refractivity contribution in [2.24, 2.45) is 0 Å². The Bertz CT molecular complexity index is 308. The predicted octanol–water partition coefficient (Wildman–Crippen LogP) is 3.32. The highest BCUT2D eigenvalue weighted by Crippen LogP contribution is 2.29. The Labute approximate surface area is 96.7 Å². The number of benzene rings is 1. The van der Waals surface area contributed by atoms with Crippen molar-refractivity contribution in [3.63, 3.8) is 0 Å². The molecule has 5 heteroatoms. The maximum Gasteiger partial charge on any atom is 0.416 e. The molecule has 0 unspecified atom stereocenters. The predicted molar refractivity (Wildman–Crippen MR) is 59.3 cm³/mol. The molecule has 0 radical (unpaired) electrons. The molecular formula is C11H13F3OS. The molecule has 0 bridgehead atoms. The summed E-state index contributed by atoms with van der Waals surface area (Å²) in [4.78, 5) is 0. The number of halogens is 3. The molecular weight excluding hydrogens is 237 g/mol. The van der Waals surface area contributed by atoms with Crippen molar-refractivity contribution in [2.45, 2.75) is 18.3 Å². The third-order valence-corrected chi connectivity index (χ3v) is 3.11. The third kappa shape index (κ3) is 4.45. The van der Waals surface area contributed by atoms with Crippen LogP contribution in [0.25, 0.3) is 0 Å². The van der Waals surface area contributed by atoms with Crippen molar-refractivity contribution in [3.8, 4) is 0 Å². The highest BCUT2D eigenvalue weighted by atomic mass is 32.2. The van der Waals surface area contributed by atoms with Gasteiger partial charge in [0.1, 0.15) is 0 Å². The van der Waals surface area contributed by atoms with Crippen LogP contribution in [0.5, 0.6) is 0 Å². The summed E-state index contributed by atoms with van der Waals surface area (Å²) in [5.74, 6) is 1.50. The highest BCUT2D eigenvalue weighted by Gasteiger charge is 2.29. The summed E-state index contributed by atoms with van der Waals surface area (Å²) in [6.07, 6.45) is -3.55. The summed E-state index contributed by atoms with van der Waals surface area (Å²) in [7, 11) is 0. The van der Waals surface area contributed by atoms with E-state index in [4.69, 9.17) is 5.11 Å². The first-order chi connectivity index (χ1) is 7.54. The first kappa shape index (κ1) is 13.4. The lowest BCUT2D eigenvalue weighted by atomic mass is 10.1. The van der Waals surface area contributed by atoms with Crippen LogP contribution in [0.1, 0.15) is 17.5 Å². The Morgan fingerprint density at radius 3 is 2.25 bits per heavy atom. The molecule has 90 valence electrons. The van der Waals surface area contributed by atoms with Gasteiger partial charge in [-0.25, -0.2) is 0 Å². The molecule has 1 rings (SSSR count). The molecule has 0 atom stereocenters. The highest BCUT2D eigenvalue weighted by molar-refractivity contribution is 7.98. The molecule has 1 aromatic carbocycles. The number of hydrogen-bond donors (Lipinski definition) is 1. The van der Waals surface area contributed by atoms with Gasteiger partial charge in [-0.05, 0) is 29.9 Å². The van der Waals surface area contributed by atoms with Crippen LogP contribution >= 0.6 is 11.8 Å². The molecule has 0 aromatic heterocycles. The van der Waals surface area contributed by atoms with Gasteiger partial charge < -0.3 is 5.11 Å². The second-order valence-corrected chi connectivity index (χ2v) is 4.43. The monoisotopic (exact) mass is 250 g/mol. The maximum atomic E-state index is 12.2.